The molecule has 1 aromatic carbocycles. The number of likely N-dealkylation sites (N-methyl/N-ethyl adjacent to an activating group) is 1. The van der Waals surface area contributed by atoms with Crippen molar-refractivity contribution in [1.29, 1.82) is 0 Å². The quantitative estimate of drug-likeness (QED) is 0.876. The molecule has 19 heavy (non-hydrogen) atoms. The average molecular weight is 261 g/mol. The number of hydrogen-bond acceptors (Lipinski definition) is 3. The van der Waals surface area contributed by atoms with Gasteiger partial charge in [0.15, 0.2) is 0 Å². The molecule has 0 aromatic heterocycles. The Labute approximate surface area is 115 Å². The SMILES string of the molecule is CN(C)CC1NCCCN(Cc2ccccc2)C1=O. The fraction of sp³-hybridized carbons (Fsp3) is 0.533. The number of nitrogens with one attached hydrogen (secondary N) is 1. The molecule has 2 rings (SSSR count). The maximum atomic E-state index is 12.5. The van der Waals surface area contributed by atoms with Crippen molar-refractivity contribution < 1.29 is 4.79 Å². The van der Waals surface area contributed by atoms with E-state index >= 15 is 0 Å². The maximum Gasteiger partial charge on any atom is 0.241 e. The molecule has 4 nitrogen and oxygen atoms in total. The van der Waals surface area contributed by atoms with Crippen LogP contribution in [0.1, 0.15) is 12.0 Å². The Kier molecular flexibility index (Phi) is 4.93. The topological polar surface area (TPSA) is 35.6 Å². The predicted octanol–water partition coefficient (Wildman–Crippen LogP) is 0.939. The van der Waals surface area contributed by atoms with Gasteiger partial charge in [-0.15, -0.1) is 0 Å². The molecule has 1 aliphatic rings. The van der Waals surface area contributed by atoms with Crippen molar-refractivity contribution in [2.45, 2.75) is 19.0 Å². The van der Waals surface area contributed by atoms with Gasteiger partial charge in [0.1, 0.15) is 0 Å². The van der Waals surface area contributed by atoms with Crippen molar-refractivity contribution in [1.82, 2.24) is 15.1 Å². The third kappa shape index (κ3) is 4.04. The van der Waals surface area contributed by atoms with E-state index in [9.17, 15) is 4.79 Å². The molecule has 0 saturated carbocycles. The second-order valence-electron chi connectivity index (χ2n) is 5.37. The van der Waals surface area contributed by atoms with Gasteiger partial charge in [-0.3, -0.25) is 4.79 Å². The molecule has 4 heteroatoms. The van der Waals surface area contributed by atoms with Crippen molar-refractivity contribution in [2.75, 3.05) is 33.7 Å². The maximum absolute atomic E-state index is 12.5. The van der Waals surface area contributed by atoms with E-state index in [2.05, 4.69) is 22.3 Å². The van der Waals surface area contributed by atoms with E-state index in [1.54, 1.807) is 0 Å². The van der Waals surface area contributed by atoms with Crippen LogP contribution < -0.4 is 5.32 Å². The first-order valence-corrected chi connectivity index (χ1v) is 6.87. The molecule has 1 saturated heterocycles. The fourth-order valence-corrected chi connectivity index (χ4v) is 2.43. The van der Waals surface area contributed by atoms with Crippen molar-refractivity contribution in [3.63, 3.8) is 0 Å². The summed E-state index contributed by atoms with van der Waals surface area (Å²) in [4.78, 5) is 16.6. The number of carbonyl (C=O) groups is 1. The summed E-state index contributed by atoms with van der Waals surface area (Å²) in [6, 6.07) is 10.1. The molecule has 0 radical (unpaired) electrons. The van der Waals surface area contributed by atoms with Gasteiger partial charge in [0.05, 0.1) is 6.04 Å². The Bertz CT molecular complexity index is 405. The monoisotopic (exact) mass is 261 g/mol. The highest BCUT2D eigenvalue weighted by Crippen LogP contribution is 2.09. The first-order chi connectivity index (χ1) is 9.16. The van der Waals surface area contributed by atoms with Crippen LogP contribution in [0.2, 0.25) is 0 Å². The molecule has 0 spiro atoms. The van der Waals surface area contributed by atoms with Crippen LogP contribution in [-0.4, -0.2) is 55.5 Å². The molecule has 1 atom stereocenters. The van der Waals surface area contributed by atoms with E-state index in [0.29, 0.717) is 6.54 Å². The van der Waals surface area contributed by atoms with Gasteiger partial charge in [-0.2, -0.15) is 0 Å². The Hall–Kier alpha value is -1.39. The molecular weight excluding hydrogens is 238 g/mol. The summed E-state index contributed by atoms with van der Waals surface area (Å²) in [6.45, 7) is 3.22. The van der Waals surface area contributed by atoms with E-state index in [1.807, 2.05) is 37.2 Å². The summed E-state index contributed by atoms with van der Waals surface area (Å²) in [5.41, 5.74) is 1.20. The lowest BCUT2D eigenvalue weighted by molar-refractivity contribution is -0.133. The molecule has 104 valence electrons. The number of benzene rings is 1. The standard InChI is InChI=1S/C15H23N3O/c1-17(2)12-14-15(19)18(10-6-9-16-14)11-13-7-4-3-5-8-13/h3-5,7-8,14,16H,6,9-12H2,1-2H3. The first-order valence-electron chi connectivity index (χ1n) is 6.87. The van der Waals surface area contributed by atoms with Crippen LogP contribution in [0.15, 0.2) is 30.3 Å². The van der Waals surface area contributed by atoms with Gasteiger partial charge < -0.3 is 15.1 Å². The van der Waals surface area contributed by atoms with Crippen molar-refractivity contribution >= 4 is 5.91 Å². The highest BCUT2D eigenvalue weighted by Gasteiger charge is 2.26. The van der Waals surface area contributed by atoms with E-state index in [1.165, 1.54) is 5.56 Å². The predicted molar refractivity (Wildman–Crippen MR) is 76.8 cm³/mol. The Balaban J connectivity index is 2.04. The minimum absolute atomic E-state index is 0.0822. The summed E-state index contributed by atoms with van der Waals surface area (Å²) in [5, 5.41) is 3.35. The molecule has 0 aliphatic carbocycles. The first kappa shape index (κ1) is 14.0. The third-order valence-electron chi connectivity index (χ3n) is 3.37. The van der Waals surface area contributed by atoms with E-state index in [4.69, 9.17) is 0 Å². The van der Waals surface area contributed by atoms with Crippen molar-refractivity contribution in [3.8, 4) is 0 Å². The summed E-state index contributed by atoms with van der Waals surface area (Å²) in [6.07, 6.45) is 1.02. The number of amides is 1. The van der Waals surface area contributed by atoms with Crippen LogP contribution in [0, 0.1) is 0 Å². The second kappa shape index (κ2) is 6.68. The summed E-state index contributed by atoms with van der Waals surface area (Å²) < 4.78 is 0. The molecule has 1 amide bonds. The minimum atomic E-state index is -0.0822. The van der Waals surface area contributed by atoms with E-state index in [-0.39, 0.29) is 11.9 Å². The summed E-state index contributed by atoms with van der Waals surface area (Å²) in [7, 11) is 4.00. The average Bonchev–Trinajstić information content (AvgIpc) is 2.55. The zero-order chi connectivity index (χ0) is 13.7. The Morgan fingerprint density at radius 3 is 2.74 bits per heavy atom. The van der Waals surface area contributed by atoms with Gasteiger partial charge in [0, 0.05) is 19.6 Å². The Morgan fingerprint density at radius 2 is 2.05 bits per heavy atom. The van der Waals surface area contributed by atoms with Crippen LogP contribution in [0.25, 0.3) is 0 Å². The lowest BCUT2D eigenvalue weighted by Gasteiger charge is -2.26. The largest absolute Gasteiger partial charge is 0.337 e. The van der Waals surface area contributed by atoms with Gasteiger partial charge in [0.2, 0.25) is 5.91 Å². The molecular formula is C15H23N3O. The molecule has 1 aliphatic heterocycles. The van der Waals surface area contributed by atoms with Crippen molar-refractivity contribution in [2.24, 2.45) is 0 Å². The van der Waals surface area contributed by atoms with Gasteiger partial charge in [-0.1, -0.05) is 30.3 Å². The molecule has 1 unspecified atom stereocenters. The zero-order valence-corrected chi connectivity index (χ0v) is 11.8. The lowest BCUT2D eigenvalue weighted by Crippen LogP contribution is -2.48. The van der Waals surface area contributed by atoms with Crippen molar-refractivity contribution in [3.05, 3.63) is 35.9 Å². The summed E-state index contributed by atoms with van der Waals surface area (Å²) >= 11 is 0. The smallest absolute Gasteiger partial charge is 0.241 e. The molecule has 1 aromatic rings. The van der Waals surface area contributed by atoms with Crippen LogP contribution in [0.3, 0.4) is 0 Å². The highest BCUT2D eigenvalue weighted by atomic mass is 16.2. The summed E-state index contributed by atoms with van der Waals surface area (Å²) in [5.74, 6) is 0.218. The highest BCUT2D eigenvalue weighted by molar-refractivity contribution is 5.82. The number of nitrogens with zero attached hydrogens (tertiary/aromatic N) is 2. The normalized spacial score (nSPS) is 20.7. The Morgan fingerprint density at radius 1 is 1.32 bits per heavy atom. The minimum Gasteiger partial charge on any atom is -0.337 e. The van der Waals surface area contributed by atoms with Gasteiger partial charge in [0.25, 0.3) is 0 Å². The molecule has 1 N–H and O–H groups in total. The van der Waals surface area contributed by atoms with Gasteiger partial charge in [-0.25, -0.2) is 0 Å². The number of carbonyl (C=O) groups excluding carboxylic acids is 1. The molecule has 1 fully saturated rings. The molecule has 1 heterocycles. The number of hydrogen-bond donors (Lipinski definition) is 1. The van der Waals surface area contributed by atoms with E-state index < -0.39 is 0 Å². The van der Waals surface area contributed by atoms with Crippen LogP contribution >= 0.6 is 0 Å². The lowest BCUT2D eigenvalue weighted by atomic mass is 10.2. The van der Waals surface area contributed by atoms with Crippen LogP contribution in [-0.2, 0) is 11.3 Å². The third-order valence-corrected chi connectivity index (χ3v) is 3.37. The van der Waals surface area contributed by atoms with Crippen LogP contribution in [0.5, 0.6) is 0 Å². The van der Waals surface area contributed by atoms with Gasteiger partial charge in [-0.05, 0) is 32.6 Å². The molecule has 0 bridgehead atoms. The zero-order valence-electron chi connectivity index (χ0n) is 11.8. The fourth-order valence-electron chi connectivity index (χ4n) is 2.43. The number of rotatable bonds is 4. The van der Waals surface area contributed by atoms with E-state index in [0.717, 1.165) is 26.1 Å². The van der Waals surface area contributed by atoms with Gasteiger partial charge >= 0.3 is 0 Å². The van der Waals surface area contributed by atoms with Crippen LogP contribution in [0.4, 0.5) is 0 Å². The second-order valence-corrected chi connectivity index (χ2v) is 5.37.